The first kappa shape index (κ1) is 14.3. The first-order valence-electron chi connectivity index (χ1n) is 7.17. The van der Waals surface area contributed by atoms with Gasteiger partial charge in [-0.3, -0.25) is 9.69 Å². The lowest BCUT2D eigenvalue weighted by Crippen LogP contribution is -2.26. The molecule has 0 bridgehead atoms. The van der Waals surface area contributed by atoms with Gasteiger partial charge in [0.1, 0.15) is 5.82 Å². The monoisotopic (exact) mass is 303 g/mol. The van der Waals surface area contributed by atoms with E-state index < -0.39 is 0 Å². The van der Waals surface area contributed by atoms with Crippen LogP contribution in [0.4, 0.5) is 0 Å². The molecule has 0 radical (unpaired) electrons. The highest BCUT2D eigenvalue weighted by Gasteiger charge is 2.18. The fourth-order valence-corrected chi connectivity index (χ4v) is 2.91. The second-order valence-corrected chi connectivity index (χ2v) is 5.92. The van der Waals surface area contributed by atoms with E-state index in [0.717, 1.165) is 48.8 Å². The summed E-state index contributed by atoms with van der Waals surface area (Å²) in [6.45, 7) is 4.51. The summed E-state index contributed by atoms with van der Waals surface area (Å²) in [7, 11) is 0. The molecule has 0 saturated carbocycles. The third kappa shape index (κ3) is 3.34. The maximum atomic E-state index is 12.0. The van der Waals surface area contributed by atoms with Gasteiger partial charge in [0.05, 0.1) is 5.69 Å². The Balaban J connectivity index is 1.74. The molecular weight excluding hydrogens is 286 g/mol. The molecule has 0 spiro atoms. The lowest BCUT2D eigenvalue weighted by molar-refractivity contribution is 0.279. The van der Waals surface area contributed by atoms with Gasteiger partial charge in [0.2, 0.25) is 0 Å². The van der Waals surface area contributed by atoms with Crippen molar-refractivity contribution in [1.29, 1.82) is 0 Å². The molecule has 3 rings (SSSR count). The fourth-order valence-electron chi connectivity index (χ4n) is 2.79. The van der Waals surface area contributed by atoms with E-state index in [9.17, 15) is 4.79 Å². The van der Waals surface area contributed by atoms with E-state index in [2.05, 4.69) is 27.0 Å². The van der Waals surface area contributed by atoms with Gasteiger partial charge in [-0.05, 0) is 31.0 Å². The van der Waals surface area contributed by atoms with Crippen LogP contribution in [-0.2, 0) is 19.4 Å². The Hall–Kier alpha value is -1.65. The normalized spacial score (nSPS) is 15.5. The van der Waals surface area contributed by atoms with E-state index >= 15 is 0 Å². The number of halogens is 1. The molecule has 2 heterocycles. The molecule has 21 heavy (non-hydrogen) atoms. The number of fused-ring (bicyclic) bond motifs is 1. The quantitative estimate of drug-likeness (QED) is 0.926. The zero-order chi connectivity index (χ0) is 14.8. The number of hydrogen-bond acceptors (Lipinski definition) is 3. The van der Waals surface area contributed by atoms with Crippen LogP contribution in [0.2, 0.25) is 5.02 Å². The third-order valence-corrected chi connectivity index (χ3v) is 4.13. The molecule has 0 aliphatic carbocycles. The summed E-state index contributed by atoms with van der Waals surface area (Å²) < 4.78 is 0. The SMILES string of the molecule is Cc1nc2c(c(=O)[nH]1)CCN(Cc1ccc(Cl)cc1)CC2. The second kappa shape index (κ2) is 6.00. The Morgan fingerprint density at radius 1 is 1.24 bits per heavy atom. The molecule has 0 atom stereocenters. The van der Waals surface area contributed by atoms with E-state index in [1.54, 1.807) is 0 Å². The van der Waals surface area contributed by atoms with Crippen LogP contribution in [0, 0.1) is 6.92 Å². The van der Waals surface area contributed by atoms with Crippen LogP contribution in [0.15, 0.2) is 29.1 Å². The highest BCUT2D eigenvalue weighted by molar-refractivity contribution is 6.30. The predicted octanol–water partition coefficient (Wildman–Crippen LogP) is 2.33. The summed E-state index contributed by atoms with van der Waals surface area (Å²) in [5, 5.41) is 0.758. The average Bonchev–Trinajstić information content (AvgIpc) is 2.64. The molecule has 0 unspecified atom stereocenters. The van der Waals surface area contributed by atoms with Crippen LogP contribution in [0.3, 0.4) is 0 Å². The number of nitrogens with one attached hydrogen (secondary N) is 1. The minimum Gasteiger partial charge on any atom is -0.311 e. The molecule has 0 fully saturated rings. The summed E-state index contributed by atoms with van der Waals surface area (Å²) in [6, 6.07) is 7.93. The van der Waals surface area contributed by atoms with Crippen LogP contribution in [0.5, 0.6) is 0 Å². The number of nitrogens with zero attached hydrogens (tertiary/aromatic N) is 2. The Morgan fingerprint density at radius 3 is 2.71 bits per heavy atom. The highest BCUT2D eigenvalue weighted by atomic mass is 35.5. The lowest BCUT2D eigenvalue weighted by Gasteiger charge is -2.19. The van der Waals surface area contributed by atoms with Crippen molar-refractivity contribution >= 4 is 11.6 Å². The molecule has 0 amide bonds. The van der Waals surface area contributed by atoms with Crippen molar-refractivity contribution < 1.29 is 0 Å². The molecule has 4 nitrogen and oxygen atoms in total. The molecule has 2 aromatic rings. The van der Waals surface area contributed by atoms with Gasteiger partial charge in [-0.2, -0.15) is 0 Å². The number of aryl methyl sites for hydroxylation is 1. The number of aromatic nitrogens is 2. The summed E-state index contributed by atoms with van der Waals surface area (Å²) in [4.78, 5) is 21.7. The number of H-pyrrole nitrogens is 1. The van der Waals surface area contributed by atoms with Crippen LogP contribution in [-0.4, -0.2) is 28.0 Å². The lowest BCUT2D eigenvalue weighted by atomic mass is 10.1. The molecular formula is C16H18ClN3O. The van der Waals surface area contributed by atoms with Crippen molar-refractivity contribution in [1.82, 2.24) is 14.9 Å². The molecule has 0 saturated heterocycles. The Morgan fingerprint density at radius 2 is 1.95 bits per heavy atom. The van der Waals surface area contributed by atoms with Crippen LogP contribution < -0.4 is 5.56 Å². The minimum absolute atomic E-state index is 0.0193. The van der Waals surface area contributed by atoms with Crippen molar-refractivity contribution in [2.75, 3.05) is 13.1 Å². The molecule has 1 N–H and O–H groups in total. The maximum absolute atomic E-state index is 12.0. The first-order chi connectivity index (χ1) is 10.1. The van der Waals surface area contributed by atoms with E-state index in [-0.39, 0.29) is 5.56 Å². The van der Waals surface area contributed by atoms with Gasteiger partial charge >= 0.3 is 0 Å². The first-order valence-corrected chi connectivity index (χ1v) is 7.55. The van der Waals surface area contributed by atoms with Crippen molar-refractivity contribution in [2.24, 2.45) is 0 Å². The van der Waals surface area contributed by atoms with Crippen molar-refractivity contribution in [3.63, 3.8) is 0 Å². The van der Waals surface area contributed by atoms with Gasteiger partial charge in [-0.25, -0.2) is 4.98 Å². The zero-order valence-corrected chi connectivity index (χ0v) is 12.8. The van der Waals surface area contributed by atoms with E-state index in [0.29, 0.717) is 5.82 Å². The summed E-state index contributed by atoms with van der Waals surface area (Å²) in [5.74, 6) is 0.699. The average molecular weight is 304 g/mol. The van der Waals surface area contributed by atoms with Gasteiger partial charge in [-0.15, -0.1) is 0 Å². The number of benzene rings is 1. The van der Waals surface area contributed by atoms with Crippen molar-refractivity contribution in [3.05, 3.63) is 62.3 Å². The van der Waals surface area contributed by atoms with Gasteiger partial charge in [0.15, 0.2) is 0 Å². The van der Waals surface area contributed by atoms with E-state index in [4.69, 9.17) is 11.6 Å². The van der Waals surface area contributed by atoms with Crippen molar-refractivity contribution in [3.8, 4) is 0 Å². The van der Waals surface area contributed by atoms with Gasteiger partial charge in [0.25, 0.3) is 5.56 Å². The van der Waals surface area contributed by atoms with Crippen LogP contribution in [0.25, 0.3) is 0 Å². The topological polar surface area (TPSA) is 49.0 Å². The largest absolute Gasteiger partial charge is 0.311 e. The van der Waals surface area contributed by atoms with E-state index in [1.165, 1.54) is 5.56 Å². The van der Waals surface area contributed by atoms with Crippen LogP contribution in [0.1, 0.15) is 22.6 Å². The predicted molar refractivity (Wildman–Crippen MR) is 83.7 cm³/mol. The standard InChI is InChI=1S/C16H18ClN3O/c1-11-18-15-7-9-20(8-6-14(15)16(21)19-11)10-12-2-4-13(17)5-3-12/h2-5H,6-10H2,1H3,(H,18,19,21). The summed E-state index contributed by atoms with van der Waals surface area (Å²) in [5.41, 5.74) is 3.06. The fraction of sp³-hybridized carbons (Fsp3) is 0.375. The number of rotatable bonds is 2. The van der Waals surface area contributed by atoms with Crippen LogP contribution >= 0.6 is 11.6 Å². The summed E-state index contributed by atoms with van der Waals surface area (Å²) in [6.07, 6.45) is 1.58. The smallest absolute Gasteiger partial charge is 0.254 e. The zero-order valence-electron chi connectivity index (χ0n) is 12.0. The molecule has 1 aliphatic rings. The Kier molecular flexibility index (Phi) is 4.08. The molecule has 5 heteroatoms. The third-order valence-electron chi connectivity index (χ3n) is 3.88. The maximum Gasteiger partial charge on any atom is 0.254 e. The molecule has 110 valence electrons. The van der Waals surface area contributed by atoms with Crippen molar-refractivity contribution in [2.45, 2.75) is 26.3 Å². The number of aromatic amines is 1. The summed E-state index contributed by atoms with van der Waals surface area (Å²) >= 11 is 5.91. The molecule has 1 aromatic carbocycles. The minimum atomic E-state index is 0.0193. The number of hydrogen-bond donors (Lipinski definition) is 1. The Bertz CT molecular complexity index is 694. The second-order valence-electron chi connectivity index (χ2n) is 5.48. The van der Waals surface area contributed by atoms with Gasteiger partial charge in [0, 0.05) is 36.6 Å². The molecule has 1 aromatic heterocycles. The highest BCUT2D eigenvalue weighted by Crippen LogP contribution is 2.15. The van der Waals surface area contributed by atoms with Gasteiger partial charge < -0.3 is 4.98 Å². The molecule has 1 aliphatic heterocycles. The van der Waals surface area contributed by atoms with Gasteiger partial charge in [-0.1, -0.05) is 23.7 Å². The van der Waals surface area contributed by atoms with E-state index in [1.807, 2.05) is 19.1 Å². The Labute approximate surface area is 128 Å².